The Balaban J connectivity index is 2.25. The minimum absolute atomic E-state index is 0.0818. The van der Waals surface area contributed by atoms with Crippen LogP contribution in [0.25, 0.3) is 0 Å². The fraction of sp³-hybridized carbons (Fsp3) is 0.300. The fourth-order valence-electron chi connectivity index (χ4n) is 1.75. The number of hydrogen-bond donors (Lipinski definition) is 2. The predicted octanol–water partition coefficient (Wildman–Crippen LogP) is 0.614. The summed E-state index contributed by atoms with van der Waals surface area (Å²) in [4.78, 5) is 10.5. The van der Waals surface area contributed by atoms with E-state index in [2.05, 4.69) is 0 Å². The van der Waals surface area contributed by atoms with Gasteiger partial charge in [0.05, 0.1) is 4.90 Å². The van der Waals surface area contributed by atoms with Crippen molar-refractivity contribution in [2.45, 2.75) is 22.9 Å². The van der Waals surface area contributed by atoms with Crippen molar-refractivity contribution in [3.8, 4) is 0 Å². The second-order valence-electron chi connectivity index (χ2n) is 4.04. The standard InChI is InChI=1S/C10H10FNO4S/c11-10(9(13)14)5-8(10)6-1-3-7(4-2-6)17(12,15)16/h1-4,8H,5H2,(H,13,14)(H2,12,15,16). The summed E-state index contributed by atoms with van der Waals surface area (Å²) in [6.07, 6.45) is -0.0863. The second kappa shape index (κ2) is 3.51. The van der Waals surface area contributed by atoms with E-state index in [1.54, 1.807) is 0 Å². The van der Waals surface area contributed by atoms with Crippen molar-refractivity contribution in [1.82, 2.24) is 0 Å². The van der Waals surface area contributed by atoms with E-state index in [9.17, 15) is 17.6 Å². The van der Waals surface area contributed by atoms with Crippen LogP contribution in [0.2, 0.25) is 0 Å². The van der Waals surface area contributed by atoms with Gasteiger partial charge in [-0.25, -0.2) is 22.7 Å². The van der Waals surface area contributed by atoms with E-state index in [4.69, 9.17) is 10.2 Å². The maximum Gasteiger partial charge on any atom is 0.342 e. The molecule has 7 heteroatoms. The van der Waals surface area contributed by atoms with Gasteiger partial charge in [-0.05, 0) is 17.7 Å². The molecule has 1 aromatic carbocycles. The maximum absolute atomic E-state index is 13.6. The van der Waals surface area contributed by atoms with Crippen LogP contribution in [0.3, 0.4) is 0 Å². The van der Waals surface area contributed by atoms with Gasteiger partial charge >= 0.3 is 5.97 Å². The number of primary sulfonamides is 1. The molecule has 0 saturated heterocycles. The molecule has 0 aromatic heterocycles. The summed E-state index contributed by atoms with van der Waals surface area (Å²) in [5.74, 6) is -2.20. The Morgan fingerprint density at radius 2 is 1.94 bits per heavy atom. The fourth-order valence-corrected chi connectivity index (χ4v) is 2.26. The van der Waals surface area contributed by atoms with Crippen molar-refractivity contribution in [1.29, 1.82) is 0 Å². The molecule has 5 nitrogen and oxygen atoms in total. The normalized spacial score (nSPS) is 27.8. The van der Waals surface area contributed by atoms with Crippen LogP contribution in [0.15, 0.2) is 29.2 Å². The third-order valence-corrected chi connectivity index (χ3v) is 3.79. The van der Waals surface area contributed by atoms with E-state index in [-0.39, 0.29) is 11.3 Å². The van der Waals surface area contributed by atoms with Gasteiger partial charge in [-0.3, -0.25) is 0 Å². The van der Waals surface area contributed by atoms with Crippen molar-refractivity contribution in [3.63, 3.8) is 0 Å². The molecule has 1 aliphatic carbocycles. The van der Waals surface area contributed by atoms with Gasteiger partial charge < -0.3 is 5.11 Å². The molecule has 0 spiro atoms. The molecule has 0 heterocycles. The Morgan fingerprint density at radius 1 is 1.41 bits per heavy atom. The van der Waals surface area contributed by atoms with E-state index in [1.807, 2.05) is 0 Å². The summed E-state index contributed by atoms with van der Waals surface area (Å²) in [5, 5.41) is 13.5. The lowest BCUT2D eigenvalue weighted by Gasteiger charge is -2.03. The van der Waals surface area contributed by atoms with Crippen molar-refractivity contribution < 1.29 is 22.7 Å². The van der Waals surface area contributed by atoms with Crippen molar-refractivity contribution in [2.75, 3.05) is 0 Å². The number of sulfonamides is 1. The van der Waals surface area contributed by atoms with Crippen molar-refractivity contribution >= 4 is 16.0 Å². The number of halogens is 1. The Kier molecular flexibility index (Phi) is 2.48. The summed E-state index contributed by atoms with van der Waals surface area (Å²) in [5.41, 5.74) is -1.76. The second-order valence-corrected chi connectivity index (χ2v) is 5.60. The van der Waals surface area contributed by atoms with E-state index in [0.717, 1.165) is 0 Å². The number of carbonyl (C=O) groups is 1. The third kappa shape index (κ3) is 2.03. The van der Waals surface area contributed by atoms with Crippen LogP contribution in [0.4, 0.5) is 4.39 Å². The molecule has 0 amide bonds. The van der Waals surface area contributed by atoms with Crippen molar-refractivity contribution in [3.05, 3.63) is 29.8 Å². The van der Waals surface area contributed by atoms with Gasteiger partial charge in [-0.2, -0.15) is 0 Å². The van der Waals surface area contributed by atoms with E-state index < -0.39 is 27.6 Å². The Morgan fingerprint density at radius 3 is 2.29 bits per heavy atom. The molecule has 17 heavy (non-hydrogen) atoms. The van der Waals surface area contributed by atoms with E-state index in [1.165, 1.54) is 24.3 Å². The number of carboxylic acids is 1. The lowest BCUT2D eigenvalue weighted by molar-refractivity contribution is -0.144. The number of alkyl halides is 1. The highest BCUT2D eigenvalue weighted by Crippen LogP contribution is 2.54. The monoisotopic (exact) mass is 259 g/mol. The molecule has 3 N–H and O–H groups in total. The molecule has 2 rings (SSSR count). The van der Waals surface area contributed by atoms with Crippen LogP contribution < -0.4 is 5.14 Å². The van der Waals surface area contributed by atoms with Crippen LogP contribution >= 0.6 is 0 Å². The minimum atomic E-state index is -3.78. The third-order valence-electron chi connectivity index (χ3n) is 2.86. The summed E-state index contributed by atoms with van der Waals surface area (Å²) >= 11 is 0. The van der Waals surface area contributed by atoms with Gasteiger partial charge in [0.2, 0.25) is 15.7 Å². The van der Waals surface area contributed by atoms with Gasteiger partial charge in [-0.15, -0.1) is 0 Å². The largest absolute Gasteiger partial charge is 0.479 e. The van der Waals surface area contributed by atoms with E-state index >= 15 is 0 Å². The zero-order chi connectivity index (χ0) is 12.8. The summed E-state index contributed by atoms with van der Waals surface area (Å²) in [7, 11) is -3.78. The molecular formula is C10H10FNO4S. The molecule has 2 atom stereocenters. The first-order valence-electron chi connectivity index (χ1n) is 4.80. The van der Waals surface area contributed by atoms with Gasteiger partial charge in [0.15, 0.2) is 0 Å². The Hall–Kier alpha value is -1.47. The maximum atomic E-state index is 13.6. The predicted molar refractivity (Wildman–Crippen MR) is 56.6 cm³/mol. The van der Waals surface area contributed by atoms with Crippen LogP contribution in [0.1, 0.15) is 17.9 Å². The van der Waals surface area contributed by atoms with Gasteiger partial charge in [0.1, 0.15) is 0 Å². The first kappa shape index (κ1) is 12.0. The van der Waals surface area contributed by atoms with Gasteiger partial charge in [0.25, 0.3) is 0 Å². The summed E-state index contributed by atoms with van der Waals surface area (Å²) < 4.78 is 35.5. The highest BCUT2D eigenvalue weighted by atomic mass is 32.2. The minimum Gasteiger partial charge on any atom is -0.479 e. The zero-order valence-electron chi connectivity index (χ0n) is 8.63. The van der Waals surface area contributed by atoms with Crippen LogP contribution in [0, 0.1) is 0 Å². The van der Waals surface area contributed by atoms with Crippen LogP contribution in [0.5, 0.6) is 0 Å². The number of hydrogen-bond acceptors (Lipinski definition) is 3. The van der Waals surface area contributed by atoms with Crippen LogP contribution in [-0.4, -0.2) is 25.2 Å². The Bertz CT molecular complexity index is 568. The molecule has 0 radical (unpaired) electrons. The number of benzene rings is 1. The molecular weight excluding hydrogens is 249 g/mol. The molecule has 1 saturated carbocycles. The topological polar surface area (TPSA) is 97.5 Å². The lowest BCUT2D eigenvalue weighted by Crippen LogP contribution is -2.18. The zero-order valence-corrected chi connectivity index (χ0v) is 9.45. The number of aliphatic carboxylic acids is 1. The smallest absolute Gasteiger partial charge is 0.342 e. The molecule has 2 unspecified atom stereocenters. The molecule has 0 bridgehead atoms. The number of carboxylic acid groups (broad SMARTS) is 1. The highest BCUT2D eigenvalue weighted by Gasteiger charge is 2.62. The Labute approximate surface area is 97.1 Å². The lowest BCUT2D eigenvalue weighted by atomic mass is 10.1. The van der Waals surface area contributed by atoms with Gasteiger partial charge in [-0.1, -0.05) is 12.1 Å². The molecule has 92 valence electrons. The molecule has 0 aliphatic heterocycles. The summed E-state index contributed by atoms with van der Waals surface area (Å²) in [6, 6.07) is 5.25. The molecule has 1 aromatic rings. The average molecular weight is 259 g/mol. The quantitative estimate of drug-likeness (QED) is 0.831. The average Bonchev–Trinajstić information content (AvgIpc) is 2.91. The van der Waals surface area contributed by atoms with Crippen LogP contribution in [-0.2, 0) is 14.8 Å². The van der Waals surface area contributed by atoms with Gasteiger partial charge in [0, 0.05) is 12.3 Å². The number of nitrogens with two attached hydrogens (primary N) is 1. The molecule has 1 aliphatic rings. The first-order chi connectivity index (χ1) is 7.75. The number of rotatable bonds is 3. The van der Waals surface area contributed by atoms with Crippen molar-refractivity contribution in [2.24, 2.45) is 5.14 Å². The van der Waals surface area contributed by atoms with E-state index in [0.29, 0.717) is 5.56 Å². The summed E-state index contributed by atoms with van der Waals surface area (Å²) in [6.45, 7) is 0. The SMILES string of the molecule is NS(=O)(=O)c1ccc(C2CC2(F)C(=O)O)cc1. The molecule has 1 fully saturated rings. The first-order valence-corrected chi connectivity index (χ1v) is 6.35. The highest BCUT2D eigenvalue weighted by molar-refractivity contribution is 7.89.